The fourth-order valence-corrected chi connectivity index (χ4v) is 2.11. The largest absolute Gasteiger partial charge is 0.329 e. The number of aromatic nitrogens is 2. The molecule has 0 bridgehead atoms. The molecule has 0 saturated carbocycles. The van der Waals surface area contributed by atoms with Crippen molar-refractivity contribution in [2.24, 2.45) is 12.8 Å². The zero-order chi connectivity index (χ0) is 11.5. The average Bonchev–Trinajstić information content (AvgIpc) is 2.69. The summed E-state index contributed by atoms with van der Waals surface area (Å²) in [6, 6.07) is 10.4. The summed E-state index contributed by atoms with van der Waals surface area (Å²) in [5.74, 6) is 0.230. The van der Waals surface area contributed by atoms with Crippen LogP contribution in [-0.2, 0) is 7.05 Å². The predicted octanol–water partition coefficient (Wildman–Crippen LogP) is 1.82. The van der Waals surface area contributed by atoms with Crippen molar-refractivity contribution in [3.05, 3.63) is 53.3 Å². The molecule has 1 atom stereocenters. The lowest BCUT2D eigenvalue weighted by Gasteiger charge is -2.17. The van der Waals surface area contributed by atoms with Gasteiger partial charge < -0.3 is 5.73 Å². The lowest BCUT2D eigenvalue weighted by atomic mass is 9.92. The van der Waals surface area contributed by atoms with Gasteiger partial charge in [0.05, 0.1) is 0 Å². The Hall–Kier alpha value is -1.61. The van der Waals surface area contributed by atoms with E-state index in [1.54, 1.807) is 0 Å². The summed E-state index contributed by atoms with van der Waals surface area (Å²) in [5.41, 5.74) is 9.62. The van der Waals surface area contributed by atoms with Gasteiger partial charge >= 0.3 is 0 Å². The Morgan fingerprint density at radius 2 is 2.06 bits per heavy atom. The summed E-state index contributed by atoms with van der Waals surface area (Å²) in [6.45, 7) is 2.72. The molecule has 1 aromatic heterocycles. The van der Waals surface area contributed by atoms with E-state index in [9.17, 15) is 0 Å². The Kier molecular flexibility index (Phi) is 3.06. The number of benzene rings is 1. The van der Waals surface area contributed by atoms with Crippen molar-refractivity contribution >= 4 is 0 Å². The minimum absolute atomic E-state index is 0.230. The quantitative estimate of drug-likeness (QED) is 0.848. The Labute approximate surface area is 95.9 Å². The van der Waals surface area contributed by atoms with Crippen LogP contribution in [0.25, 0.3) is 0 Å². The highest BCUT2D eigenvalue weighted by molar-refractivity contribution is 5.35. The molecule has 84 valence electrons. The van der Waals surface area contributed by atoms with Crippen molar-refractivity contribution < 1.29 is 0 Å². The Morgan fingerprint density at radius 1 is 1.31 bits per heavy atom. The van der Waals surface area contributed by atoms with E-state index in [2.05, 4.69) is 36.3 Å². The van der Waals surface area contributed by atoms with Crippen LogP contribution in [0.5, 0.6) is 0 Å². The van der Waals surface area contributed by atoms with E-state index in [0.717, 1.165) is 5.69 Å². The van der Waals surface area contributed by atoms with Crippen LogP contribution in [0.3, 0.4) is 0 Å². The topological polar surface area (TPSA) is 43.8 Å². The maximum atomic E-state index is 5.89. The number of nitrogens with zero attached hydrogens (tertiary/aromatic N) is 2. The van der Waals surface area contributed by atoms with Gasteiger partial charge in [-0.1, -0.05) is 24.3 Å². The number of hydrogen-bond donors (Lipinski definition) is 1. The van der Waals surface area contributed by atoms with E-state index in [1.165, 1.54) is 11.1 Å². The summed E-state index contributed by atoms with van der Waals surface area (Å²) in [7, 11) is 1.95. The van der Waals surface area contributed by atoms with E-state index in [-0.39, 0.29) is 5.92 Å². The molecule has 0 amide bonds. The van der Waals surface area contributed by atoms with Gasteiger partial charge in [-0.15, -0.1) is 0 Å². The monoisotopic (exact) mass is 215 g/mol. The van der Waals surface area contributed by atoms with Crippen molar-refractivity contribution in [3.63, 3.8) is 0 Å². The van der Waals surface area contributed by atoms with Crippen LogP contribution >= 0.6 is 0 Å². The molecule has 0 spiro atoms. The van der Waals surface area contributed by atoms with Crippen LogP contribution in [-0.4, -0.2) is 16.3 Å². The van der Waals surface area contributed by atoms with Crippen molar-refractivity contribution in [1.29, 1.82) is 0 Å². The second-order valence-corrected chi connectivity index (χ2v) is 4.02. The molecule has 2 aromatic rings. The van der Waals surface area contributed by atoms with Crippen LogP contribution in [0.15, 0.2) is 36.5 Å². The Morgan fingerprint density at radius 3 is 2.62 bits per heavy atom. The third-order valence-electron chi connectivity index (χ3n) is 3.02. The van der Waals surface area contributed by atoms with Crippen LogP contribution in [0.2, 0.25) is 0 Å². The normalized spacial score (nSPS) is 12.7. The molecule has 2 rings (SSSR count). The number of aryl methyl sites for hydroxylation is 2. The Balaban J connectivity index is 2.45. The second-order valence-electron chi connectivity index (χ2n) is 4.02. The highest BCUT2D eigenvalue weighted by atomic mass is 15.3. The van der Waals surface area contributed by atoms with Gasteiger partial charge in [-0.2, -0.15) is 5.10 Å². The van der Waals surface area contributed by atoms with Gasteiger partial charge in [0.2, 0.25) is 0 Å². The van der Waals surface area contributed by atoms with Gasteiger partial charge in [-0.05, 0) is 24.1 Å². The standard InChI is InChI=1S/C13H17N3/c1-10-5-3-4-6-11(10)12(9-14)13-7-8-15-16(13)2/h3-8,12H,9,14H2,1-2H3. The van der Waals surface area contributed by atoms with Crippen molar-refractivity contribution in [1.82, 2.24) is 9.78 Å². The summed E-state index contributed by atoms with van der Waals surface area (Å²) < 4.78 is 1.89. The molecule has 1 heterocycles. The van der Waals surface area contributed by atoms with E-state index >= 15 is 0 Å². The van der Waals surface area contributed by atoms with Gasteiger partial charge in [-0.3, -0.25) is 4.68 Å². The predicted molar refractivity (Wildman–Crippen MR) is 65.3 cm³/mol. The SMILES string of the molecule is Cc1ccccc1C(CN)c1ccnn1C. The number of nitrogens with two attached hydrogens (primary N) is 1. The molecule has 1 unspecified atom stereocenters. The molecule has 1 aromatic carbocycles. The van der Waals surface area contributed by atoms with Crippen LogP contribution in [0.1, 0.15) is 22.7 Å². The van der Waals surface area contributed by atoms with Gasteiger partial charge in [-0.25, -0.2) is 0 Å². The molecule has 0 aliphatic carbocycles. The van der Waals surface area contributed by atoms with Gasteiger partial charge in [0.15, 0.2) is 0 Å². The first-order valence-electron chi connectivity index (χ1n) is 5.47. The number of hydrogen-bond acceptors (Lipinski definition) is 2. The fourth-order valence-electron chi connectivity index (χ4n) is 2.11. The van der Waals surface area contributed by atoms with E-state index in [4.69, 9.17) is 5.73 Å². The molecular weight excluding hydrogens is 198 g/mol. The van der Waals surface area contributed by atoms with Gasteiger partial charge in [0.1, 0.15) is 0 Å². The highest BCUT2D eigenvalue weighted by Crippen LogP contribution is 2.25. The molecule has 0 radical (unpaired) electrons. The summed E-state index contributed by atoms with van der Waals surface area (Å²) in [6.07, 6.45) is 1.82. The molecule has 0 aliphatic heterocycles. The smallest absolute Gasteiger partial charge is 0.0492 e. The van der Waals surface area contributed by atoms with Crippen LogP contribution in [0.4, 0.5) is 0 Å². The van der Waals surface area contributed by atoms with Crippen molar-refractivity contribution in [2.75, 3.05) is 6.54 Å². The first kappa shape index (κ1) is 10.9. The third-order valence-corrected chi connectivity index (χ3v) is 3.02. The molecule has 3 heteroatoms. The molecular formula is C13H17N3. The number of rotatable bonds is 3. The van der Waals surface area contributed by atoms with Crippen molar-refractivity contribution in [2.45, 2.75) is 12.8 Å². The molecule has 0 fully saturated rings. The van der Waals surface area contributed by atoms with E-state index in [1.807, 2.05) is 24.0 Å². The Bertz CT molecular complexity index is 474. The zero-order valence-corrected chi connectivity index (χ0v) is 9.72. The van der Waals surface area contributed by atoms with Gasteiger partial charge in [0.25, 0.3) is 0 Å². The van der Waals surface area contributed by atoms with E-state index in [0.29, 0.717) is 6.54 Å². The molecule has 16 heavy (non-hydrogen) atoms. The second kappa shape index (κ2) is 4.49. The zero-order valence-electron chi connectivity index (χ0n) is 9.72. The van der Waals surface area contributed by atoms with Crippen LogP contribution in [0, 0.1) is 6.92 Å². The third kappa shape index (κ3) is 1.86. The molecule has 0 aliphatic rings. The van der Waals surface area contributed by atoms with Gasteiger partial charge in [0, 0.05) is 31.4 Å². The molecule has 2 N–H and O–H groups in total. The summed E-state index contributed by atoms with van der Waals surface area (Å²) >= 11 is 0. The van der Waals surface area contributed by atoms with Crippen molar-refractivity contribution in [3.8, 4) is 0 Å². The maximum Gasteiger partial charge on any atom is 0.0492 e. The fraction of sp³-hybridized carbons (Fsp3) is 0.308. The maximum absolute atomic E-state index is 5.89. The lowest BCUT2D eigenvalue weighted by molar-refractivity contribution is 0.662. The van der Waals surface area contributed by atoms with E-state index < -0.39 is 0 Å². The minimum atomic E-state index is 0.230. The highest BCUT2D eigenvalue weighted by Gasteiger charge is 2.16. The molecule has 0 saturated heterocycles. The lowest BCUT2D eigenvalue weighted by Crippen LogP contribution is -2.17. The summed E-state index contributed by atoms with van der Waals surface area (Å²) in [4.78, 5) is 0. The average molecular weight is 215 g/mol. The van der Waals surface area contributed by atoms with Crippen LogP contribution < -0.4 is 5.73 Å². The first-order chi connectivity index (χ1) is 7.74. The first-order valence-corrected chi connectivity index (χ1v) is 5.47. The minimum Gasteiger partial charge on any atom is -0.329 e. The molecule has 3 nitrogen and oxygen atoms in total. The summed E-state index contributed by atoms with van der Waals surface area (Å²) in [5, 5.41) is 4.20.